The van der Waals surface area contributed by atoms with Crippen molar-refractivity contribution in [3.8, 4) is 6.07 Å². The van der Waals surface area contributed by atoms with Crippen LogP contribution in [0.2, 0.25) is 0 Å². The molecule has 0 amide bonds. The molecule has 0 saturated carbocycles. The van der Waals surface area contributed by atoms with E-state index >= 15 is 0 Å². The van der Waals surface area contributed by atoms with Crippen molar-refractivity contribution in [3.63, 3.8) is 0 Å². The fourth-order valence-electron chi connectivity index (χ4n) is 1.57. The van der Waals surface area contributed by atoms with Crippen molar-refractivity contribution in [1.29, 1.82) is 5.26 Å². The molecule has 0 aliphatic carbocycles. The van der Waals surface area contributed by atoms with Crippen LogP contribution >= 0.6 is 0 Å². The highest BCUT2D eigenvalue weighted by Crippen LogP contribution is 2.23. The number of fused-ring (bicyclic) bond motifs is 1. The lowest BCUT2D eigenvalue weighted by molar-refractivity contribution is -0.384. The maximum Gasteiger partial charge on any atom is 0.270 e. The summed E-state index contributed by atoms with van der Waals surface area (Å²) < 4.78 is 5.17. The van der Waals surface area contributed by atoms with Gasteiger partial charge in [0.15, 0.2) is 5.43 Å². The normalized spacial score (nSPS) is 10.1. The van der Waals surface area contributed by atoms with Crippen molar-refractivity contribution in [3.05, 3.63) is 49.9 Å². The molecule has 2 aromatic rings. The molecule has 1 heterocycles. The summed E-state index contributed by atoms with van der Waals surface area (Å²) >= 11 is 0. The lowest BCUT2D eigenvalue weighted by Crippen LogP contribution is -2.02. The predicted octanol–water partition coefficient (Wildman–Crippen LogP) is 1.88. The van der Waals surface area contributed by atoms with Crippen LogP contribution < -0.4 is 5.43 Å². The molecule has 0 aliphatic rings. The minimum absolute atomic E-state index is 0.107. The van der Waals surface area contributed by atoms with Crippen molar-refractivity contribution >= 4 is 16.7 Å². The summed E-state index contributed by atoms with van der Waals surface area (Å²) in [5.74, 6) is -0.112. The Kier molecular flexibility index (Phi) is 2.37. The van der Waals surface area contributed by atoms with Gasteiger partial charge in [-0.25, -0.2) is 0 Å². The molecule has 2 rings (SSSR count). The Morgan fingerprint density at radius 3 is 2.71 bits per heavy atom. The number of rotatable bonds is 1. The number of nitro groups is 1. The minimum Gasteiger partial charge on any atom is -0.445 e. The van der Waals surface area contributed by atoms with Gasteiger partial charge in [0.2, 0.25) is 5.76 Å². The maximum atomic E-state index is 11.7. The second-order valence-corrected chi connectivity index (χ2v) is 3.48. The van der Waals surface area contributed by atoms with Crippen molar-refractivity contribution in [1.82, 2.24) is 0 Å². The number of nitrogens with zero attached hydrogens (tertiary/aromatic N) is 2. The highest BCUT2D eigenvalue weighted by atomic mass is 16.6. The van der Waals surface area contributed by atoms with E-state index in [-0.39, 0.29) is 22.4 Å². The molecule has 0 fully saturated rings. The Balaban J connectivity index is 2.92. The second-order valence-electron chi connectivity index (χ2n) is 3.48. The Morgan fingerprint density at radius 2 is 2.12 bits per heavy atom. The molecule has 0 aliphatic heterocycles. The number of hydrogen-bond acceptors (Lipinski definition) is 5. The summed E-state index contributed by atoms with van der Waals surface area (Å²) in [5, 5.41) is 19.4. The molecule has 84 valence electrons. The highest BCUT2D eigenvalue weighted by Gasteiger charge is 2.14. The average molecular weight is 230 g/mol. The summed E-state index contributed by atoms with van der Waals surface area (Å²) in [5.41, 5.74) is 0.0182. The molecule has 6 nitrogen and oxygen atoms in total. The van der Waals surface area contributed by atoms with Gasteiger partial charge in [-0.2, -0.15) is 5.26 Å². The molecular weight excluding hydrogens is 224 g/mol. The largest absolute Gasteiger partial charge is 0.445 e. The van der Waals surface area contributed by atoms with Crippen molar-refractivity contribution in [2.45, 2.75) is 6.92 Å². The van der Waals surface area contributed by atoms with Gasteiger partial charge in [-0.1, -0.05) is 0 Å². The number of nitriles is 1. The Labute approximate surface area is 94.9 Å². The first kappa shape index (κ1) is 10.8. The van der Waals surface area contributed by atoms with E-state index in [0.29, 0.717) is 5.56 Å². The molecule has 0 atom stereocenters. The van der Waals surface area contributed by atoms with Crippen LogP contribution in [0.1, 0.15) is 11.3 Å². The molecule has 17 heavy (non-hydrogen) atoms. The monoisotopic (exact) mass is 230 g/mol. The van der Waals surface area contributed by atoms with Gasteiger partial charge in [0, 0.05) is 18.2 Å². The van der Waals surface area contributed by atoms with Crippen molar-refractivity contribution in [2.24, 2.45) is 0 Å². The van der Waals surface area contributed by atoms with Gasteiger partial charge in [-0.15, -0.1) is 0 Å². The minimum atomic E-state index is -0.579. The van der Waals surface area contributed by atoms with Gasteiger partial charge in [-0.05, 0) is 12.5 Å². The van der Waals surface area contributed by atoms with Gasteiger partial charge in [0.1, 0.15) is 11.7 Å². The third-order valence-corrected chi connectivity index (χ3v) is 2.32. The first-order valence-corrected chi connectivity index (χ1v) is 4.66. The summed E-state index contributed by atoms with van der Waals surface area (Å²) in [6, 6.07) is 5.19. The van der Waals surface area contributed by atoms with E-state index in [9.17, 15) is 14.9 Å². The summed E-state index contributed by atoms with van der Waals surface area (Å²) in [6.45, 7) is 1.58. The van der Waals surface area contributed by atoms with Crippen LogP contribution in [0.3, 0.4) is 0 Å². The van der Waals surface area contributed by atoms with Crippen molar-refractivity contribution in [2.75, 3.05) is 0 Å². The molecule has 0 N–H and O–H groups in total. The summed E-state index contributed by atoms with van der Waals surface area (Å²) in [7, 11) is 0. The lowest BCUT2D eigenvalue weighted by Gasteiger charge is -2.01. The van der Waals surface area contributed by atoms with E-state index in [1.54, 1.807) is 13.0 Å². The SMILES string of the molecule is Cc1cc([N+](=O)[O-])cc2c(=O)cc(C#N)oc12. The standard InChI is InChI=1S/C11H6N2O4/c1-6-2-7(13(15)16)3-9-10(14)4-8(5-12)17-11(6)9/h2-4H,1H3. The van der Waals surface area contributed by atoms with Crippen LogP contribution in [-0.2, 0) is 0 Å². The van der Waals surface area contributed by atoms with Gasteiger partial charge < -0.3 is 4.42 Å². The molecule has 1 aromatic carbocycles. The zero-order valence-corrected chi connectivity index (χ0v) is 8.76. The Morgan fingerprint density at radius 1 is 1.41 bits per heavy atom. The fourth-order valence-corrected chi connectivity index (χ4v) is 1.57. The van der Waals surface area contributed by atoms with Crippen LogP contribution in [0.5, 0.6) is 0 Å². The molecule has 0 unspecified atom stereocenters. The number of aryl methyl sites for hydroxylation is 1. The van der Waals surface area contributed by atoms with E-state index in [1.807, 2.05) is 0 Å². The molecule has 6 heteroatoms. The van der Waals surface area contributed by atoms with E-state index < -0.39 is 10.4 Å². The van der Waals surface area contributed by atoms with Crippen LogP contribution in [0.4, 0.5) is 5.69 Å². The van der Waals surface area contributed by atoms with Crippen LogP contribution in [0.15, 0.2) is 27.4 Å². The number of benzene rings is 1. The highest BCUT2D eigenvalue weighted by molar-refractivity contribution is 5.82. The quantitative estimate of drug-likeness (QED) is 0.550. The molecule has 0 saturated heterocycles. The number of non-ortho nitro benzene ring substituents is 1. The average Bonchev–Trinajstić information content (AvgIpc) is 2.29. The summed E-state index contributed by atoms with van der Waals surface area (Å²) in [6.07, 6.45) is 0. The fraction of sp³-hybridized carbons (Fsp3) is 0.0909. The van der Waals surface area contributed by atoms with E-state index in [4.69, 9.17) is 9.68 Å². The number of nitro benzene ring substituents is 1. The zero-order chi connectivity index (χ0) is 12.6. The smallest absolute Gasteiger partial charge is 0.270 e. The first-order chi connectivity index (χ1) is 8.02. The molecular formula is C11H6N2O4. The summed E-state index contributed by atoms with van der Waals surface area (Å²) in [4.78, 5) is 21.7. The molecule has 0 spiro atoms. The zero-order valence-electron chi connectivity index (χ0n) is 8.76. The lowest BCUT2D eigenvalue weighted by atomic mass is 10.1. The van der Waals surface area contributed by atoms with Crippen LogP contribution in [-0.4, -0.2) is 4.92 Å². The second kappa shape index (κ2) is 3.72. The van der Waals surface area contributed by atoms with E-state index in [1.165, 1.54) is 6.07 Å². The molecule has 0 bridgehead atoms. The van der Waals surface area contributed by atoms with Gasteiger partial charge in [0.05, 0.1) is 10.3 Å². The van der Waals surface area contributed by atoms with Gasteiger partial charge in [-0.3, -0.25) is 14.9 Å². The number of hydrogen-bond donors (Lipinski definition) is 0. The third kappa shape index (κ3) is 1.74. The van der Waals surface area contributed by atoms with Crippen LogP contribution in [0, 0.1) is 28.4 Å². The Hall–Kier alpha value is -2.68. The maximum absolute atomic E-state index is 11.7. The topological polar surface area (TPSA) is 97.1 Å². The molecule has 1 aromatic heterocycles. The van der Waals surface area contributed by atoms with Crippen LogP contribution in [0.25, 0.3) is 11.0 Å². The van der Waals surface area contributed by atoms with Crippen molar-refractivity contribution < 1.29 is 9.34 Å². The van der Waals surface area contributed by atoms with Gasteiger partial charge >= 0.3 is 0 Å². The first-order valence-electron chi connectivity index (χ1n) is 4.66. The Bertz CT molecular complexity index is 725. The predicted molar refractivity (Wildman–Crippen MR) is 58.6 cm³/mol. The van der Waals surface area contributed by atoms with Gasteiger partial charge in [0.25, 0.3) is 5.69 Å². The van der Waals surface area contributed by atoms with E-state index in [0.717, 1.165) is 12.1 Å². The third-order valence-electron chi connectivity index (χ3n) is 2.32. The molecule has 0 radical (unpaired) electrons. The van der Waals surface area contributed by atoms with E-state index in [2.05, 4.69) is 0 Å².